The van der Waals surface area contributed by atoms with E-state index in [2.05, 4.69) is 15.5 Å². The molecule has 0 aliphatic carbocycles. The van der Waals surface area contributed by atoms with Gasteiger partial charge in [0.1, 0.15) is 0 Å². The molecule has 0 saturated heterocycles. The monoisotopic (exact) mass is 366 g/mol. The Morgan fingerprint density at radius 3 is 2.54 bits per heavy atom. The molecule has 0 bridgehead atoms. The summed E-state index contributed by atoms with van der Waals surface area (Å²) in [7, 11) is 0. The number of ketones is 1. The molecule has 140 valence electrons. The maximum Gasteiger partial charge on any atom is 0.258 e. The number of nitrogens with one attached hydrogen (secondary N) is 1. The van der Waals surface area contributed by atoms with Gasteiger partial charge in [-0.3, -0.25) is 9.59 Å². The topological polar surface area (TPSA) is 111 Å². The van der Waals surface area contributed by atoms with E-state index >= 15 is 0 Å². The summed E-state index contributed by atoms with van der Waals surface area (Å²) in [6.45, 7) is 2.33. The molecule has 0 unspecified atom stereocenters. The lowest BCUT2D eigenvalue weighted by Crippen LogP contribution is -2.49. The molecule has 7 nitrogen and oxygen atoms in total. The van der Waals surface area contributed by atoms with Gasteiger partial charge in [-0.05, 0) is 25.5 Å². The molecule has 2 rings (SSSR count). The first-order chi connectivity index (χ1) is 12.2. The molecule has 26 heavy (non-hydrogen) atoms. The van der Waals surface area contributed by atoms with E-state index in [0.29, 0.717) is 12.5 Å². The Morgan fingerprint density at radius 1 is 1.31 bits per heavy atom. The maximum absolute atomic E-state index is 13.0. The van der Waals surface area contributed by atoms with E-state index < -0.39 is 36.1 Å². The molecular formula is C17H20F2N4O3. The van der Waals surface area contributed by atoms with Crippen LogP contribution in [0.1, 0.15) is 37.3 Å². The van der Waals surface area contributed by atoms with Gasteiger partial charge in [0.05, 0.1) is 12.1 Å². The SMILES string of the molecule is CC[C@H](NC(=O)[C@@H](N)CC(C)(F)F)C(=O)c1noc(-c2ccccc2)n1. The highest BCUT2D eigenvalue weighted by Crippen LogP contribution is 2.19. The fourth-order valence-electron chi connectivity index (χ4n) is 2.29. The summed E-state index contributed by atoms with van der Waals surface area (Å²) in [5.41, 5.74) is 6.11. The minimum Gasteiger partial charge on any atom is -0.344 e. The lowest BCUT2D eigenvalue weighted by atomic mass is 10.1. The third-order valence-corrected chi connectivity index (χ3v) is 3.62. The van der Waals surface area contributed by atoms with Crippen LogP contribution in [0.3, 0.4) is 0 Å². The number of halogens is 2. The number of amides is 1. The molecule has 1 aromatic carbocycles. The van der Waals surface area contributed by atoms with Crippen molar-refractivity contribution >= 4 is 11.7 Å². The van der Waals surface area contributed by atoms with Gasteiger partial charge < -0.3 is 15.6 Å². The highest BCUT2D eigenvalue weighted by Gasteiger charge is 2.31. The zero-order chi connectivity index (χ0) is 19.3. The van der Waals surface area contributed by atoms with Crippen molar-refractivity contribution in [3.8, 4) is 11.5 Å². The fourth-order valence-corrected chi connectivity index (χ4v) is 2.29. The first-order valence-corrected chi connectivity index (χ1v) is 8.08. The van der Waals surface area contributed by atoms with Crippen molar-refractivity contribution in [1.29, 1.82) is 0 Å². The molecule has 0 spiro atoms. The van der Waals surface area contributed by atoms with Crippen molar-refractivity contribution in [2.75, 3.05) is 0 Å². The molecule has 1 amide bonds. The smallest absolute Gasteiger partial charge is 0.258 e. The summed E-state index contributed by atoms with van der Waals surface area (Å²) in [6.07, 6.45) is -0.598. The summed E-state index contributed by atoms with van der Waals surface area (Å²) in [5, 5.41) is 6.00. The second-order valence-electron chi connectivity index (χ2n) is 6.00. The molecule has 0 aliphatic heterocycles. The number of hydrogen-bond donors (Lipinski definition) is 2. The number of nitrogens with two attached hydrogens (primary N) is 1. The van der Waals surface area contributed by atoms with Gasteiger partial charge in [0.25, 0.3) is 5.89 Å². The lowest BCUT2D eigenvalue weighted by molar-refractivity contribution is -0.125. The van der Waals surface area contributed by atoms with Crippen LogP contribution in [0, 0.1) is 0 Å². The third kappa shape index (κ3) is 5.16. The number of benzene rings is 1. The number of rotatable bonds is 8. The van der Waals surface area contributed by atoms with Gasteiger partial charge in [0.2, 0.25) is 23.4 Å². The van der Waals surface area contributed by atoms with Crippen LogP contribution in [0.4, 0.5) is 8.78 Å². The van der Waals surface area contributed by atoms with E-state index in [1.54, 1.807) is 31.2 Å². The van der Waals surface area contributed by atoms with Gasteiger partial charge in [-0.15, -0.1) is 0 Å². The van der Waals surface area contributed by atoms with Crippen molar-refractivity contribution in [3.63, 3.8) is 0 Å². The molecular weight excluding hydrogens is 346 g/mol. The number of carbonyl (C=O) groups is 2. The summed E-state index contributed by atoms with van der Waals surface area (Å²) < 4.78 is 31.0. The van der Waals surface area contributed by atoms with E-state index in [1.165, 1.54) is 0 Å². The highest BCUT2D eigenvalue weighted by atomic mass is 19.3. The standard InChI is InChI=1S/C17H20F2N4O3/c1-3-12(21-15(25)11(20)9-17(2,18)19)13(24)14-22-16(26-23-14)10-7-5-4-6-8-10/h4-8,11-12H,3,9,20H2,1-2H3,(H,21,25)/t11-,12-/m0/s1. The molecule has 0 aliphatic rings. The Kier molecular flexibility index (Phi) is 6.14. The lowest BCUT2D eigenvalue weighted by Gasteiger charge is -2.19. The van der Waals surface area contributed by atoms with E-state index in [4.69, 9.17) is 10.3 Å². The van der Waals surface area contributed by atoms with Crippen LogP contribution < -0.4 is 11.1 Å². The average Bonchev–Trinajstić information content (AvgIpc) is 3.08. The van der Waals surface area contributed by atoms with Crippen LogP contribution in [-0.2, 0) is 4.79 Å². The molecule has 2 atom stereocenters. The molecule has 0 fully saturated rings. The molecule has 9 heteroatoms. The Hall–Kier alpha value is -2.68. The van der Waals surface area contributed by atoms with Crippen molar-refractivity contribution in [1.82, 2.24) is 15.5 Å². The van der Waals surface area contributed by atoms with E-state index in [9.17, 15) is 18.4 Å². The van der Waals surface area contributed by atoms with Crippen LogP contribution in [0.25, 0.3) is 11.5 Å². The summed E-state index contributed by atoms with van der Waals surface area (Å²) in [6, 6.07) is 6.44. The Bertz CT molecular complexity index is 759. The summed E-state index contributed by atoms with van der Waals surface area (Å²) in [4.78, 5) is 28.5. The predicted octanol–water partition coefficient (Wildman–Crippen LogP) is 2.19. The Morgan fingerprint density at radius 2 is 1.96 bits per heavy atom. The van der Waals surface area contributed by atoms with E-state index in [-0.39, 0.29) is 18.1 Å². The van der Waals surface area contributed by atoms with Crippen LogP contribution in [-0.4, -0.2) is 39.8 Å². The second kappa shape index (κ2) is 8.13. The number of hydrogen-bond acceptors (Lipinski definition) is 6. The molecule has 0 radical (unpaired) electrons. The minimum absolute atomic E-state index is 0.164. The van der Waals surface area contributed by atoms with E-state index in [0.717, 1.165) is 0 Å². The van der Waals surface area contributed by atoms with Crippen molar-refractivity contribution in [2.24, 2.45) is 5.73 Å². The van der Waals surface area contributed by atoms with Gasteiger partial charge in [-0.25, -0.2) is 8.78 Å². The highest BCUT2D eigenvalue weighted by molar-refractivity contribution is 5.99. The number of alkyl halides is 2. The minimum atomic E-state index is -3.08. The van der Waals surface area contributed by atoms with Gasteiger partial charge in [0.15, 0.2) is 0 Å². The van der Waals surface area contributed by atoms with Crippen molar-refractivity contribution in [2.45, 2.75) is 44.7 Å². The molecule has 0 saturated carbocycles. The Labute approximate surface area is 149 Å². The number of aromatic nitrogens is 2. The fraction of sp³-hybridized carbons (Fsp3) is 0.412. The largest absolute Gasteiger partial charge is 0.344 e. The first-order valence-electron chi connectivity index (χ1n) is 8.08. The van der Waals surface area contributed by atoms with Crippen LogP contribution in [0.15, 0.2) is 34.9 Å². The molecule has 2 aromatic rings. The van der Waals surface area contributed by atoms with Crippen LogP contribution in [0.5, 0.6) is 0 Å². The normalized spacial score (nSPS) is 13.9. The van der Waals surface area contributed by atoms with Gasteiger partial charge in [-0.1, -0.05) is 30.3 Å². The van der Waals surface area contributed by atoms with E-state index in [1.807, 2.05) is 6.07 Å². The summed E-state index contributed by atoms with van der Waals surface area (Å²) in [5.74, 6) is -4.54. The molecule has 3 N–H and O–H groups in total. The predicted molar refractivity (Wildman–Crippen MR) is 89.5 cm³/mol. The number of Topliss-reactive ketones (excluding diaryl/α,β-unsaturated/α-hetero) is 1. The molecule has 1 aromatic heterocycles. The van der Waals surface area contributed by atoms with Crippen molar-refractivity contribution in [3.05, 3.63) is 36.2 Å². The average molecular weight is 366 g/mol. The van der Waals surface area contributed by atoms with Gasteiger partial charge >= 0.3 is 0 Å². The second-order valence-corrected chi connectivity index (χ2v) is 6.00. The first kappa shape index (κ1) is 19.6. The van der Waals surface area contributed by atoms with Crippen LogP contribution >= 0.6 is 0 Å². The van der Waals surface area contributed by atoms with Gasteiger partial charge in [-0.2, -0.15) is 4.98 Å². The maximum atomic E-state index is 13.0. The van der Waals surface area contributed by atoms with Crippen molar-refractivity contribution < 1.29 is 22.9 Å². The zero-order valence-corrected chi connectivity index (χ0v) is 14.4. The van der Waals surface area contributed by atoms with Gasteiger partial charge in [0, 0.05) is 12.0 Å². The third-order valence-electron chi connectivity index (χ3n) is 3.62. The molecule has 1 heterocycles. The Balaban J connectivity index is 2.07. The van der Waals surface area contributed by atoms with Crippen LogP contribution in [0.2, 0.25) is 0 Å². The zero-order valence-electron chi connectivity index (χ0n) is 14.4. The number of carbonyl (C=O) groups excluding carboxylic acids is 2. The quantitative estimate of drug-likeness (QED) is 0.693. The summed E-state index contributed by atoms with van der Waals surface area (Å²) >= 11 is 0. The number of nitrogens with zero attached hydrogens (tertiary/aromatic N) is 2.